The summed E-state index contributed by atoms with van der Waals surface area (Å²) < 4.78 is 28.6. The first kappa shape index (κ1) is 16.8. The molecule has 0 amide bonds. The lowest BCUT2D eigenvalue weighted by atomic mass is 10.1. The van der Waals surface area contributed by atoms with E-state index in [1.54, 1.807) is 18.2 Å². The molecule has 0 unspecified atom stereocenters. The number of anilines is 1. The van der Waals surface area contributed by atoms with Crippen molar-refractivity contribution >= 4 is 21.4 Å². The number of phenolic OH excluding ortho intramolecular Hbond substituents is 1. The Balaban J connectivity index is 1.66. The first-order valence-corrected chi connectivity index (χ1v) is 9.22. The highest BCUT2D eigenvalue weighted by Gasteiger charge is 2.16. The minimum atomic E-state index is -3.81. The van der Waals surface area contributed by atoms with Crippen LogP contribution in [0.4, 0.5) is 5.69 Å². The number of nitrogens with zero attached hydrogens (tertiary/aromatic N) is 4. The minimum absolute atomic E-state index is 0.0381. The van der Waals surface area contributed by atoms with Crippen LogP contribution < -0.4 is 4.72 Å². The molecule has 4 rings (SSSR count). The molecule has 0 aliphatic rings. The van der Waals surface area contributed by atoms with Gasteiger partial charge >= 0.3 is 6.01 Å². The third-order valence-corrected chi connectivity index (χ3v) is 5.26. The van der Waals surface area contributed by atoms with Crippen molar-refractivity contribution in [2.24, 2.45) is 0 Å². The maximum absolute atomic E-state index is 12.5. The minimum Gasteiger partial charge on any atom is -0.508 e. The summed E-state index contributed by atoms with van der Waals surface area (Å²) >= 11 is 0. The molecule has 0 aliphatic heterocycles. The zero-order chi connectivity index (χ0) is 19.0. The van der Waals surface area contributed by atoms with E-state index in [4.69, 9.17) is 0 Å². The highest BCUT2D eigenvalue weighted by molar-refractivity contribution is 7.92. The third kappa shape index (κ3) is 3.13. The van der Waals surface area contributed by atoms with E-state index >= 15 is 0 Å². The van der Waals surface area contributed by atoms with Crippen LogP contribution in [0.1, 0.15) is 0 Å². The molecule has 27 heavy (non-hydrogen) atoms. The Morgan fingerprint density at radius 3 is 2.52 bits per heavy atom. The number of phenols is 1. The van der Waals surface area contributed by atoms with E-state index in [9.17, 15) is 18.6 Å². The van der Waals surface area contributed by atoms with Crippen molar-refractivity contribution in [2.45, 2.75) is 4.90 Å². The van der Waals surface area contributed by atoms with Crippen molar-refractivity contribution in [1.29, 1.82) is 0 Å². The van der Waals surface area contributed by atoms with Gasteiger partial charge in [-0.1, -0.05) is 18.2 Å². The lowest BCUT2D eigenvalue weighted by molar-refractivity contribution is 0.411. The topological polar surface area (TPSA) is 130 Å². The second kappa shape index (κ2) is 6.25. The Morgan fingerprint density at radius 1 is 1.00 bits per heavy atom. The quantitative estimate of drug-likeness (QED) is 0.491. The van der Waals surface area contributed by atoms with Gasteiger partial charge in [0.2, 0.25) is 0 Å². The van der Waals surface area contributed by atoms with Gasteiger partial charge in [0.1, 0.15) is 12.1 Å². The van der Waals surface area contributed by atoms with Crippen molar-refractivity contribution in [3.05, 3.63) is 61.1 Å². The molecular formula is C17H13N5O4S. The second-order valence-electron chi connectivity index (χ2n) is 5.65. The smallest absolute Gasteiger partial charge is 0.318 e. The van der Waals surface area contributed by atoms with Crippen molar-refractivity contribution in [2.75, 3.05) is 4.72 Å². The average Bonchev–Trinajstić information content (AvgIpc) is 3.07. The Bertz CT molecular complexity index is 1240. The zero-order valence-corrected chi connectivity index (χ0v) is 14.5. The predicted octanol–water partition coefficient (Wildman–Crippen LogP) is 2.00. The third-order valence-electron chi connectivity index (χ3n) is 3.86. The lowest BCUT2D eigenvalue weighted by Crippen LogP contribution is -2.12. The molecule has 3 N–H and O–H groups in total. The van der Waals surface area contributed by atoms with Crippen LogP contribution in [-0.2, 0) is 10.0 Å². The summed E-state index contributed by atoms with van der Waals surface area (Å²) in [5, 5.41) is 23.2. The number of sulfonamides is 1. The fourth-order valence-electron chi connectivity index (χ4n) is 2.60. The SMILES string of the molecule is O=S(=O)(Nc1cccc(O)c1)c1ccc(-c2cnn3c(O)ncnc23)cc1. The van der Waals surface area contributed by atoms with Gasteiger partial charge in [-0.15, -0.1) is 0 Å². The zero-order valence-electron chi connectivity index (χ0n) is 13.7. The maximum Gasteiger partial charge on any atom is 0.318 e. The van der Waals surface area contributed by atoms with E-state index in [2.05, 4.69) is 19.8 Å². The molecule has 0 fully saturated rings. The molecule has 0 atom stereocenters. The number of nitrogens with one attached hydrogen (secondary N) is 1. The number of hydrogen-bond donors (Lipinski definition) is 3. The summed E-state index contributed by atoms with van der Waals surface area (Å²) in [6.45, 7) is 0. The van der Waals surface area contributed by atoms with E-state index in [1.165, 1.54) is 47.4 Å². The molecule has 10 heteroatoms. The highest BCUT2D eigenvalue weighted by Crippen LogP contribution is 2.26. The summed E-state index contributed by atoms with van der Waals surface area (Å²) in [5.74, 6) is -0.0381. The van der Waals surface area contributed by atoms with Gasteiger partial charge in [-0.05, 0) is 29.8 Å². The summed E-state index contributed by atoms with van der Waals surface area (Å²) in [6, 6.07) is 11.7. The van der Waals surface area contributed by atoms with Crippen molar-refractivity contribution < 1.29 is 18.6 Å². The molecule has 2 aromatic carbocycles. The van der Waals surface area contributed by atoms with Crippen LogP contribution in [0.2, 0.25) is 0 Å². The fraction of sp³-hybridized carbons (Fsp3) is 0. The van der Waals surface area contributed by atoms with Crippen molar-refractivity contribution in [1.82, 2.24) is 19.6 Å². The first-order valence-electron chi connectivity index (χ1n) is 7.74. The highest BCUT2D eigenvalue weighted by atomic mass is 32.2. The fourth-order valence-corrected chi connectivity index (χ4v) is 3.65. The molecule has 0 saturated carbocycles. The van der Waals surface area contributed by atoms with Gasteiger partial charge in [0.15, 0.2) is 5.65 Å². The number of hydrogen-bond acceptors (Lipinski definition) is 7. The van der Waals surface area contributed by atoms with Crippen LogP contribution in [0.5, 0.6) is 11.8 Å². The number of aromatic hydroxyl groups is 2. The van der Waals surface area contributed by atoms with Crippen LogP contribution in [0.3, 0.4) is 0 Å². The van der Waals surface area contributed by atoms with E-state index in [0.717, 1.165) is 0 Å². The largest absolute Gasteiger partial charge is 0.508 e. The van der Waals surface area contributed by atoms with Gasteiger partial charge in [0.25, 0.3) is 10.0 Å². The summed E-state index contributed by atoms with van der Waals surface area (Å²) in [5.41, 5.74) is 1.96. The van der Waals surface area contributed by atoms with Gasteiger partial charge in [0.05, 0.1) is 16.8 Å². The number of fused-ring (bicyclic) bond motifs is 1. The van der Waals surface area contributed by atoms with Crippen LogP contribution >= 0.6 is 0 Å². The van der Waals surface area contributed by atoms with Crippen molar-refractivity contribution in [3.8, 4) is 22.9 Å². The molecule has 9 nitrogen and oxygen atoms in total. The summed E-state index contributed by atoms with van der Waals surface area (Å²) in [7, 11) is -3.81. The number of benzene rings is 2. The van der Waals surface area contributed by atoms with Gasteiger partial charge < -0.3 is 10.2 Å². The van der Waals surface area contributed by atoms with E-state index in [-0.39, 0.29) is 22.3 Å². The molecule has 2 aromatic heterocycles. The molecule has 0 bridgehead atoms. The Morgan fingerprint density at radius 2 is 1.78 bits per heavy atom. The molecule has 0 saturated heterocycles. The van der Waals surface area contributed by atoms with Crippen LogP contribution in [0.15, 0.2) is 66.0 Å². The first-order chi connectivity index (χ1) is 12.9. The van der Waals surface area contributed by atoms with Crippen LogP contribution in [0.25, 0.3) is 16.8 Å². The Hall–Kier alpha value is -3.66. The average molecular weight is 383 g/mol. The standard InChI is InChI=1S/C17H13N5O4S/c23-13-3-1-2-12(8-13)21-27(25,26)14-6-4-11(5-7-14)15-9-20-22-16(15)18-10-19-17(22)24/h1-10,21,23H,(H,18,19,24). The van der Waals surface area contributed by atoms with Gasteiger partial charge in [-0.25, -0.2) is 13.4 Å². The van der Waals surface area contributed by atoms with Crippen LogP contribution in [-0.4, -0.2) is 38.2 Å². The van der Waals surface area contributed by atoms with Crippen LogP contribution in [0, 0.1) is 0 Å². The van der Waals surface area contributed by atoms with Gasteiger partial charge in [-0.2, -0.15) is 14.6 Å². The number of rotatable bonds is 4. The maximum atomic E-state index is 12.5. The monoisotopic (exact) mass is 383 g/mol. The molecule has 4 aromatic rings. The Kier molecular flexibility index (Phi) is 3.89. The predicted molar refractivity (Wildman–Crippen MR) is 96.8 cm³/mol. The van der Waals surface area contributed by atoms with Gasteiger partial charge in [-0.3, -0.25) is 4.72 Å². The molecule has 2 heterocycles. The van der Waals surface area contributed by atoms with E-state index in [0.29, 0.717) is 16.8 Å². The molecular weight excluding hydrogens is 370 g/mol. The summed E-state index contributed by atoms with van der Waals surface area (Å²) in [6.07, 6.45) is 2.73. The van der Waals surface area contributed by atoms with E-state index < -0.39 is 10.0 Å². The number of aromatic nitrogens is 4. The molecule has 136 valence electrons. The normalized spacial score (nSPS) is 11.6. The van der Waals surface area contributed by atoms with Crippen molar-refractivity contribution in [3.63, 3.8) is 0 Å². The molecule has 0 aliphatic carbocycles. The Labute approximate surface area is 153 Å². The van der Waals surface area contributed by atoms with E-state index in [1.807, 2.05) is 0 Å². The lowest BCUT2D eigenvalue weighted by Gasteiger charge is -2.09. The van der Waals surface area contributed by atoms with Gasteiger partial charge in [0, 0.05) is 11.6 Å². The molecule has 0 spiro atoms. The summed E-state index contributed by atoms with van der Waals surface area (Å²) in [4.78, 5) is 7.79. The second-order valence-corrected chi connectivity index (χ2v) is 7.33. The molecule has 0 radical (unpaired) electrons.